The van der Waals surface area contributed by atoms with E-state index in [-0.39, 0.29) is 18.7 Å². The largest absolute Gasteiger partial charge is 0.416 e. The Labute approximate surface area is 100 Å². The molecule has 1 heterocycles. The zero-order chi connectivity index (χ0) is 13.3. The van der Waals surface area contributed by atoms with E-state index in [9.17, 15) is 17.6 Å². The first-order chi connectivity index (χ1) is 8.41. The maximum atomic E-state index is 12.9. The van der Waals surface area contributed by atoms with Crippen molar-refractivity contribution in [3.63, 3.8) is 0 Å². The average Bonchev–Trinajstić information content (AvgIpc) is 2.76. The van der Waals surface area contributed by atoms with Crippen LogP contribution in [-0.4, -0.2) is 19.3 Å². The van der Waals surface area contributed by atoms with Crippen LogP contribution in [0.3, 0.4) is 0 Å². The molecule has 2 atom stereocenters. The Morgan fingerprint density at radius 3 is 2.61 bits per heavy atom. The van der Waals surface area contributed by atoms with Gasteiger partial charge in [0.2, 0.25) is 0 Å². The molecule has 2 rings (SSSR count). The van der Waals surface area contributed by atoms with Gasteiger partial charge in [0.25, 0.3) is 0 Å². The van der Waals surface area contributed by atoms with Gasteiger partial charge in [-0.25, -0.2) is 4.39 Å². The van der Waals surface area contributed by atoms with Crippen molar-refractivity contribution in [2.75, 3.05) is 13.2 Å². The van der Waals surface area contributed by atoms with Crippen LogP contribution in [0.25, 0.3) is 0 Å². The Morgan fingerprint density at radius 2 is 2.06 bits per heavy atom. The van der Waals surface area contributed by atoms with Crippen molar-refractivity contribution >= 4 is 0 Å². The van der Waals surface area contributed by atoms with Crippen molar-refractivity contribution < 1.29 is 27.0 Å². The third kappa shape index (κ3) is 2.63. The molecule has 1 aliphatic rings. The molecule has 1 saturated heterocycles. The highest BCUT2D eigenvalue weighted by molar-refractivity contribution is 5.31. The van der Waals surface area contributed by atoms with Gasteiger partial charge in [-0.1, -0.05) is 6.07 Å². The van der Waals surface area contributed by atoms with Crippen LogP contribution in [0, 0.1) is 5.82 Å². The molecule has 0 aliphatic carbocycles. The Hall–Kier alpha value is -1.18. The SMILES string of the molecule is NCC1COC(c2ccc(F)cc2C(F)(F)F)O1. The molecule has 0 spiro atoms. The first kappa shape index (κ1) is 13.3. The normalized spacial score (nSPS) is 24.5. The second-order valence-electron chi connectivity index (χ2n) is 3.89. The highest BCUT2D eigenvalue weighted by Gasteiger charge is 2.38. The van der Waals surface area contributed by atoms with Crippen molar-refractivity contribution in [1.82, 2.24) is 0 Å². The molecule has 3 nitrogen and oxygen atoms in total. The lowest BCUT2D eigenvalue weighted by atomic mass is 10.1. The third-order valence-corrected chi connectivity index (χ3v) is 2.59. The fourth-order valence-electron chi connectivity index (χ4n) is 1.71. The van der Waals surface area contributed by atoms with E-state index in [2.05, 4.69) is 0 Å². The van der Waals surface area contributed by atoms with Crippen molar-refractivity contribution in [2.24, 2.45) is 5.73 Å². The third-order valence-electron chi connectivity index (χ3n) is 2.59. The van der Waals surface area contributed by atoms with Crippen molar-refractivity contribution in [3.05, 3.63) is 35.1 Å². The second-order valence-corrected chi connectivity index (χ2v) is 3.89. The number of rotatable bonds is 2. The number of halogens is 4. The second kappa shape index (κ2) is 4.83. The minimum atomic E-state index is -4.66. The number of alkyl halides is 3. The molecule has 0 amide bonds. The lowest BCUT2D eigenvalue weighted by Gasteiger charge is -2.17. The van der Waals surface area contributed by atoms with Crippen LogP contribution in [0.1, 0.15) is 17.4 Å². The maximum absolute atomic E-state index is 12.9. The molecule has 0 bridgehead atoms. The highest BCUT2D eigenvalue weighted by atomic mass is 19.4. The fraction of sp³-hybridized carbons (Fsp3) is 0.455. The van der Waals surface area contributed by atoms with Gasteiger partial charge in [-0.15, -0.1) is 0 Å². The highest BCUT2D eigenvalue weighted by Crippen LogP contribution is 2.38. The first-order valence-corrected chi connectivity index (χ1v) is 5.25. The zero-order valence-corrected chi connectivity index (χ0v) is 9.21. The number of ether oxygens (including phenoxy) is 2. The van der Waals surface area contributed by atoms with Gasteiger partial charge in [-0.2, -0.15) is 13.2 Å². The Morgan fingerprint density at radius 1 is 1.33 bits per heavy atom. The van der Waals surface area contributed by atoms with Crippen LogP contribution < -0.4 is 5.73 Å². The van der Waals surface area contributed by atoms with Crippen molar-refractivity contribution in [1.29, 1.82) is 0 Å². The van der Waals surface area contributed by atoms with Gasteiger partial charge in [0.1, 0.15) is 5.82 Å². The fourth-order valence-corrected chi connectivity index (χ4v) is 1.71. The van der Waals surface area contributed by atoms with Gasteiger partial charge in [-0.05, 0) is 12.1 Å². The predicted molar refractivity (Wildman–Crippen MR) is 54.0 cm³/mol. The van der Waals surface area contributed by atoms with Crippen LogP contribution in [0.4, 0.5) is 17.6 Å². The van der Waals surface area contributed by atoms with E-state index in [4.69, 9.17) is 15.2 Å². The average molecular weight is 265 g/mol. The van der Waals surface area contributed by atoms with E-state index < -0.39 is 30.0 Å². The molecular formula is C11H11F4NO2. The minimum Gasteiger partial charge on any atom is -0.346 e. The van der Waals surface area contributed by atoms with Gasteiger partial charge < -0.3 is 15.2 Å². The van der Waals surface area contributed by atoms with Crippen LogP contribution in [-0.2, 0) is 15.7 Å². The summed E-state index contributed by atoms with van der Waals surface area (Å²) in [6, 6.07) is 2.38. The van der Waals surface area contributed by atoms with E-state index >= 15 is 0 Å². The molecule has 0 aromatic heterocycles. The van der Waals surface area contributed by atoms with E-state index in [1.165, 1.54) is 0 Å². The van der Waals surface area contributed by atoms with Crippen molar-refractivity contribution in [2.45, 2.75) is 18.6 Å². The molecule has 1 aliphatic heterocycles. The van der Waals surface area contributed by atoms with Crippen LogP contribution in [0.2, 0.25) is 0 Å². The molecule has 2 unspecified atom stereocenters. The van der Waals surface area contributed by atoms with Crippen molar-refractivity contribution in [3.8, 4) is 0 Å². The summed E-state index contributed by atoms with van der Waals surface area (Å²) in [7, 11) is 0. The summed E-state index contributed by atoms with van der Waals surface area (Å²) in [5, 5.41) is 0. The summed E-state index contributed by atoms with van der Waals surface area (Å²) in [5.41, 5.74) is 4.01. The summed E-state index contributed by atoms with van der Waals surface area (Å²) in [6.45, 7) is 0.273. The molecule has 0 saturated carbocycles. The van der Waals surface area contributed by atoms with Gasteiger partial charge >= 0.3 is 6.18 Å². The number of nitrogens with two attached hydrogens (primary N) is 1. The summed E-state index contributed by atoms with van der Waals surface area (Å²) in [4.78, 5) is 0. The van der Waals surface area contributed by atoms with Gasteiger partial charge in [0.05, 0.1) is 18.3 Å². The molecule has 18 heavy (non-hydrogen) atoms. The number of hydrogen-bond acceptors (Lipinski definition) is 3. The van der Waals surface area contributed by atoms with Crippen LogP contribution in [0.15, 0.2) is 18.2 Å². The van der Waals surface area contributed by atoms with E-state index in [1.54, 1.807) is 0 Å². The summed E-state index contributed by atoms with van der Waals surface area (Å²) in [6.07, 6.45) is -6.26. The Bertz CT molecular complexity index is 436. The lowest BCUT2D eigenvalue weighted by Crippen LogP contribution is -2.22. The quantitative estimate of drug-likeness (QED) is 0.834. The topological polar surface area (TPSA) is 44.5 Å². The summed E-state index contributed by atoms with van der Waals surface area (Å²) < 4.78 is 61.5. The molecule has 100 valence electrons. The summed E-state index contributed by atoms with van der Waals surface area (Å²) >= 11 is 0. The standard InChI is InChI=1S/C11H11F4NO2/c12-6-1-2-8(9(3-6)11(13,14)15)10-17-5-7(4-16)18-10/h1-3,7,10H,4-5,16H2. The number of hydrogen-bond donors (Lipinski definition) is 1. The first-order valence-electron chi connectivity index (χ1n) is 5.25. The van der Waals surface area contributed by atoms with E-state index in [0.29, 0.717) is 6.07 Å². The minimum absolute atomic E-state index is 0.121. The molecule has 7 heteroatoms. The monoisotopic (exact) mass is 265 g/mol. The lowest BCUT2D eigenvalue weighted by molar-refractivity contribution is -0.143. The maximum Gasteiger partial charge on any atom is 0.416 e. The molecule has 0 radical (unpaired) electrons. The smallest absolute Gasteiger partial charge is 0.346 e. The van der Waals surface area contributed by atoms with Gasteiger partial charge in [0, 0.05) is 12.1 Å². The van der Waals surface area contributed by atoms with E-state index in [1.807, 2.05) is 0 Å². The zero-order valence-electron chi connectivity index (χ0n) is 9.21. The molecular weight excluding hydrogens is 254 g/mol. The molecule has 2 N–H and O–H groups in total. The predicted octanol–water partition coefficient (Wildman–Crippen LogP) is 2.22. The molecule has 1 aromatic rings. The van der Waals surface area contributed by atoms with Gasteiger partial charge in [0.15, 0.2) is 6.29 Å². The Kier molecular flexibility index (Phi) is 3.56. The molecule has 1 aromatic carbocycles. The van der Waals surface area contributed by atoms with Crippen LogP contribution >= 0.6 is 0 Å². The number of benzene rings is 1. The molecule has 1 fully saturated rings. The summed E-state index contributed by atoms with van der Waals surface area (Å²) in [5.74, 6) is -0.959. The van der Waals surface area contributed by atoms with Gasteiger partial charge in [-0.3, -0.25) is 0 Å². The van der Waals surface area contributed by atoms with E-state index in [0.717, 1.165) is 12.1 Å². The van der Waals surface area contributed by atoms with Crippen LogP contribution in [0.5, 0.6) is 0 Å². The Balaban J connectivity index is 2.33.